The van der Waals surface area contributed by atoms with E-state index < -0.39 is 5.41 Å². The van der Waals surface area contributed by atoms with Gasteiger partial charge in [-0.1, -0.05) is 140 Å². The number of rotatable bonds is 3. The fraction of sp³-hybridized carbons (Fsp3) is 0.0217. The van der Waals surface area contributed by atoms with Crippen LogP contribution in [0.2, 0.25) is 0 Å². The Bertz CT molecular complexity index is 2790. The summed E-state index contributed by atoms with van der Waals surface area (Å²) in [6, 6.07) is 57.5. The van der Waals surface area contributed by atoms with Gasteiger partial charge in [-0.15, -0.1) is 11.3 Å². The van der Waals surface area contributed by atoms with Crippen molar-refractivity contribution < 1.29 is 4.74 Å². The summed E-state index contributed by atoms with van der Waals surface area (Å²) in [4.78, 5) is 15.2. The summed E-state index contributed by atoms with van der Waals surface area (Å²) >= 11 is 1.86. The van der Waals surface area contributed by atoms with E-state index in [-0.39, 0.29) is 0 Å². The Balaban J connectivity index is 1.24. The zero-order valence-corrected chi connectivity index (χ0v) is 28.1. The highest BCUT2D eigenvalue weighted by atomic mass is 32.1. The van der Waals surface area contributed by atoms with E-state index in [1.54, 1.807) is 0 Å². The van der Waals surface area contributed by atoms with Crippen molar-refractivity contribution >= 4 is 31.5 Å². The predicted octanol–water partition coefficient (Wildman–Crippen LogP) is 11.7. The van der Waals surface area contributed by atoms with Gasteiger partial charge in [0.05, 0.1) is 11.0 Å². The molecule has 0 N–H and O–H groups in total. The maximum atomic E-state index is 7.02. The minimum atomic E-state index is -0.624. The molecule has 5 heteroatoms. The highest BCUT2D eigenvalue weighted by Crippen LogP contribution is 2.64. The molecule has 9 aromatic rings. The van der Waals surface area contributed by atoms with Gasteiger partial charge in [0, 0.05) is 42.4 Å². The van der Waals surface area contributed by atoms with E-state index in [1.165, 1.54) is 42.4 Å². The van der Waals surface area contributed by atoms with Gasteiger partial charge in [-0.05, 0) is 46.5 Å². The van der Waals surface area contributed by atoms with Crippen LogP contribution in [-0.2, 0) is 5.41 Å². The molecule has 11 rings (SSSR count). The summed E-state index contributed by atoms with van der Waals surface area (Å²) in [5.41, 5.74) is 9.33. The van der Waals surface area contributed by atoms with Crippen LogP contribution >= 0.6 is 11.3 Å². The normalized spacial score (nSPS) is 15.3. The molecule has 1 spiro atoms. The molecule has 1 unspecified atom stereocenters. The average Bonchev–Trinajstić information content (AvgIpc) is 3.72. The molecule has 238 valence electrons. The molecule has 3 heterocycles. The van der Waals surface area contributed by atoms with E-state index in [4.69, 9.17) is 19.7 Å². The second-order valence-electron chi connectivity index (χ2n) is 13.1. The van der Waals surface area contributed by atoms with Gasteiger partial charge in [-0.25, -0.2) is 15.0 Å². The third kappa shape index (κ3) is 3.98. The minimum absolute atomic E-state index is 0.569. The fourth-order valence-corrected chi connectivity index (χ4v) is 9.44. The summed E-state index contributed by atoms with van der Waals surface area (Å²) < 4.78 is 9.61. The van der Waals surface area contributed by atoms with Crippen LogP contribution in [0.15, 0.2) is 164 Å². The molecule has 2 aromatic heterocycles. The van der Waals surface area contributed by atoms with Crippen molar-refractivity contribution in [3.8, 4) is 56.8 Å². The first kappa shape index (κ1) is 28.4. The smallest absolute Gasteiger partial charge is 0.167 e. The minimum Gasteiger partial charge on any atom is -0.456 e. The van der Waals surface area contributed by atoms with Gasteiger partial charge >= 0.3 is 0 Å². The van der Waals surface area contributed by atoms with Gasteiger partial charge in [0.25, 0.3) is 0 Å². The van der Waals surface area contributed by atoms with Crippen LogP contribution in [0.3, 0.4) is 0 Å². The molecule has 2 aliphatic rings. The van der Waals surface area contributed by atoms with E-state index in [9.17, 15) is 0 Å². The van der Waals surface area contributed by atoms with Crippen LogP contribution in [0, 0.1) is 0 Å². The molecule has 0 saturated carbocycles. The van der Waals surface area contributed by atoms with Crippen molar-refractivity contribution in [1.29, 1.82) is 0 Å². The standard InChI is InChI=1S/C46H27N3OS/c1-3-14-28(15-4-1)43-47-44(29-16-5-2-6-17-29)49-45(48-43)32-20-13-23-36-42(32)50-37-24-11-10-22-34(37)46(36)33-21-9-7-18-30(33)40-35(46)26-27-39-41(40)31-19-8-12-25-38(31)51-39/h1-27H. The molecule has 1 aliphatic heterocycles. The Morgan fingerprint density at radius 3 is 1.82 bits per heavy atom. The van der Waals surface area contributed by atoms with Crippen LogP contribution in [0.5, 0.6) is 11.5 Å². The number of benzene rings is 7. The van der Waals surface area contributed by atoms with Crippen LogP contribution < -0.4 is 4.74 Å². The number of hydrogen-bond donors (Lipinski definition) is 0. The van der Waals surface area contributed by atoms with Crippen molar-refractivity contribution in [2.24, 2.45) is 0 Å². The molecule has 0 saturated heterocycles. The van der Waals surface area contributed by atoms with Gasteiger partial charge < -0.3 is 4.74 Å². The molecular formula is C46H27N3OS. The molecule has 1 atom stereocenters. The number of thiophene rings is 1. The zero-order chi connectivity index (χ0) is 33.5. The lowest BCUT2D eigenvalue weighted by Gasteiger charge is -2.40. The van der Waals surface area contributed by atoms with Crippen LogP contribution in [0.25, 0.3) is 65.5 Å². The van der Waals surface area contributed by atoms with E-state index >= 15 is 0 Å². The van der Waals surface area contributed by atoms with E-state index in [1.807, 2.05) is 72.0 Å². The molecular weight excluding hydrogens is 643 g/mol. The number of nitrogens with zero attached hydrogens (tertiary/aromatic N) is 3. The highest BCUT2D eigenvalue weighted by molar-refractivity contribution is 7.26. The average molecular weight is 670 g/mol. The first-order valence-corrected chi connectivity index (χ1v) is 17.9. The van der Waals surface area contributed by atoms with E-state index in [0.29, 0.717) is 17.5 Å². The monoisotopic (exact) mass is 669 g/mol. The Morgan fingerprint density at radius 1 is 0.431 bits per heavy atom. The van der Waals surface area contributed by atoms with Crippen LogP contribution in [-0.4, -0.2) is 15.0 Å². The summed E-state index contributed by atoms with van der Waals surface area (Å²) in [6.07, 6.45) is 0. The van der Waals surface area contributed by atoms with Crippen LogP contribution in [0.1, 0.15) is 22.3 Å². The maximum Gasteiger partial charge on any atom is 0.167 e. The quantitative estimate of drug-likeness (QED) is 0.188. The Labute approximate surface area is 298 Å². The second kappa shape index (κ2) is 10.8. The SMILES string of the molecule is c1ccc(-c2nc(-c3ccccc3)nc(-c3cccc4c3Oc3ccccc3C43c4ccccc4-c4c3ccc3sc5ccccc5c43)n2)cc1. The van der Waals surface area contributed by atoms with Gasteiger partial charge in [-0.2, -0.15) is 0 Å². The fourth-order valence-electron chi connectivity index (χ4n) is 8.33. The maximum absolute atomic E-state index is 7.02. The molecule has 0 radical (unpaired) electrons. The highest BCUT2D eigenvalue weighted by Gasteiger charge is 2.52. The van der Waals surface area contributed by atoms with Gasteiger partial charge in [0.2, 0.25) is 0 Å². The Kier molecular flexibility index (Phi) is 6.01. The summed E-state index contributed by atoms with van der Waals surface area (Å²) in [7, 11) is 0. The third-order valence-electron chi connectivity index (χ3n) is 10.4. The molecule has 0 fully saturated rings. The lowest BCUT2D eigenvalue weighted by molar-refractivity contribution is 0.438. The number of para-hydroxylation sites is 2. The molecule has 51 heavy (non-hydrogen) atoms. The molecule has 0 bridgehead atoms. The zero-order valence-electron chi connectivity index (χ0n) is 27.2. The van der Waals surface area contributed by atoms with E-state index in [2.05, 4.69) is 103 Å². The van der Waals surface area contributed by atoms with Crippen molar-refractivity contribution in [1.82, 2.24) is 15.0 Å². The number of hydrogen-bond acceptors (Lipinski definition) is 5. The molecule has 4 nitrogen and oxygen atoms in total. The lowest BCUT2D eigenvalue weighted by Crippen LogP contribution is -2.32. The van der Waals surface area contributed by atoms with Crippen molar-refractivity contribution in [3.05, 3.63) is 186 Å². The van der Waals surface area contributed by atoms with Gasteiger partial charge in [-0.3, -0.25) is 0 Å². The van der Waals surface area contributed by atoms with Crippen molar-refractivity contribution in [2.75, 3.05) is 0 Å². The first-order valence-electron chi connectivity index (χ1n) is 17.1. The number of aromatic nitrogens is 3. The van der Waals surface area contributed by atoms with Crippen molar-refractivity contribution in [3.63, 3.8) is 0 Å². The predicted molar refractivity (Wildman–Crippen MR) is 206 cm³/mol. The first-order chi connectivity index (χ1) is 25.3. The van der Waals surface area contributed by atoms with Gasteiger partial charge in [0.15, 0.2) is 17.5 Å². The third-order valence-corrected chi connectivity index (χ3v) is 11.5. The molecule has 1 aliphatic carbocycles. The summed E-state index contributed by atoms with van der Waals surface area (Å²) in [6.45, 7) is 0. The van der Waals surface area contributed by atoms with E-state index in [0.717, 1.165) is 39.3 Å². The number of fused-ring (bicyclic) bond motifs is 13. The Morgan fingerprint density at radius 2 is 1.04 bits per heavy atom. The number of ether oxygens (including phenoxy) is 1. The molecule has 0 amide bonds. The summed E-state index contributed by atoms with van der Waals surface area (Å²) in [5, 5.41) is 2.61. The lowest BCUT2D eigenvalue weighted by atomic mass is 9.65. The Hall–Kier alpha value is -6.43. The van der Waals surface area contributed by atoms with Crippen LogP contribution in [0.4, 0.5) is 0 Å². The second-order valence-corrected chi connectivity index (χ2v) is 14.2. The topological polar surface area (TPSA) is 47.9 Å². The largest absolute Gasteiger partial charge is 0.456 e. The molecule has 7 aromatic carbocycles. The summed E-state index contributed by atoms with van der Waals surface area (Å²) in [5.74, 6) is 3.40. The van der Waals surface area contributed by atoms with Crippen molar-refractivity contribution in [2.45, 2.75) is 5.41 Å². The van der Waals surface area contributed by atoms with Gasteiger partial charge in [0.1, 0.15) is 11.5 Å².